The van der Waals surface area contributed by atoms with Crippen LogP contribution in [-0.2, 0) is 0 Å². The van der Waals surface area contributed by atoms with Gasteiger partial charge in [0.1, 0.15) is 0 Å². The monoisotopic (exact) mass is 363 g/mol. The van der Waals surface area contributed by atoms with Crippen molar-refractivity contribution in [3.8, 4) is 0 Å². The molecule has 0 aliphatic rings. The molecule has 1 nitrogen and oxygen atoms in total. The Labute approximate surface area is 124 Å². The van der Waals surface area contributed by atoms with Gasteiger partial charge in [0.05, 0.1) is 25.7 Å². The van der Waals surface area contributed by atoms with Crippen molar-refractivity contribution in [1.29, 1.82) is 0 Å². The molecule has 0 aromatic heterocycles. The van der Waals surface area contributed by atoms with E-state index in [0.717, 1.165) is 5.69 Å². The molecule has 1 N–H and O–H groups in total. The Morgan fingerprint density at radius 2 is 1.75 bits per heavy atom. The minimum Gasteiger partial charge on any atom is -0.371 e. The van der Waals surface area contributed by atoms with Crippen LogP contribution in [0.3, 0.4) is 0 Å². The van der Waals surface area contributed by atoms with E-state index in [1.165, 1.54) is 0 Å². The van der Waals surface area contributed by atoms with E-state index in [2.05, 4.69) is 21.2 Å². The van der Waals surface area contributed by atoms with Gasteiger partial charge in [-0.05, 0) is 18.1 Å². The smallest absolute Gasteiger partial charge is 0.0855 e. The zero-order valence-corrected chi connectivity index (χ0v) is 13.0. The van der Waals surface area contributed by atoms with Gasteiger partial charge < -0.3 is 5.32 Å². The summed E-state index contributed by atoms with van der Waals surface area (Å²) in [5, 5.41) is 4.62. The number of hydrogen-bond donors (Lipinski definition) is 1. The van der Waals surface area contributed by atoms with Gasteiger partial charge in [0, 0.05) is 5.88 Å². The average molecular weight is 366 g/mol. The molecule has 0 amide bonds. The Bertz CT molecular complexity index is 372. The molecular weight excluding hydrogens is 356 g/mol. The van der Waals surface area contributed by atoms with E-state index < -0.39 is 0 Å². The third-order valence-corrected chi connectivity index (χ3v) is 4.70. The molecule has 0 bridgehead atoms. The molecule has 0 saturated carbocycles. The maximum Gasteiger partial charge on any atom is 0.0855 e. The molecule has 1 rings (SSSR count). The Morgan fingerprint density at radius 1 is 1.19 bits per heavy atom. The maximum absolute atomic E-state index is 6.03. The van der Waals surface area contributed by atoms with Crippen LogP contribution in [0.2, 0.25) is 15.1 Å². The summed E-state index contributed by atoms with van der Waals surface area (Å²) < 4.78 is 0. The molecule has 0 aliphatic heterocycles. The van der Waals surface area contributed by atoms with Crippen LogP contribution >= 0.6 is 62.3 Å². The molecule has 1 aromatic carbocycles. The lowest BCUT2D eigenvalue weighted by molar-refractivity contribution is 0.667. The van der Waals surface area contributed by atoms with Crippen LogP contribution < -0.4 is 5.32 Å². The average Bonchev–Trinajstić information content (AvgIpc) is 2.24. The van der Waals surface area contributed by atoms with Crippen molar-refractivity contribution >= 4 is 68.0 Å². The highest BCUT2D eigenvalue weighted by Crippen LogP contribution is 2.33. The van der Waals surface area contributed by atoms with Crippen molar-refractivity contribution in [1.82, 2.24) is 0 Å². The van der Waals surface area contributed by atoms with Gasteiger partial charge in [0.2, 0.25) is 0 Å². The Hall–Kier alpha value is 0.660. The molecular formula is C10H10BrCl4N. The van der Waals surface area contributed by atoms with Crippen molar-refractivity contribution in [2.45, 2.75) is 11.9 Å². The van der Waals surface area contributed by atoms with Gasteiger partial charge in [-0.1, -0.05) is 57.7 Å². The summed E-state index contributed by atoms with van der Waals surface area (Å²) in [7, 11) is 0. The predicted molar refractivity (Wildman–Crippen MR) is 77.7 cm³/mol. The van der Waals surface area contributed by atoms with Crippen LogP contribution in [0.4, 0.5) is 5.69 Å². The van der Waals surface area contributed by atoms with Gasteiger partial charge in [-0.25, -0.2) is 0 Å². The molecule has 0 saturated heterocycles. The van der Waals surface area contributed by atoms with Gasteiger partial charge in [-0.15, -0.1) is 11.6 Å². The minimum atomic E-state index is 0.0275. The van der Waals surface area contributed by atoms with Crippen molar-refractivity contribution in [3.05, 3.63) is 27.2 Å². The maximum atomic E-state index is 6.03. The molecule has 2 atom stereocenters. The van der Waals surface area contributed by atoms with E-state index in [-0.39, 0.29) is 10.9 Å². The first-order chi connectivity index (χ1) is 7.45. The lowest BCUT2D eigenvalue weighted by Crippen LogP contribution is -2.21. The molecule has 90 valence electrons. The molecule has 1 aromatic rings. The Kier molecular flexibility index (Phi) is 6.03. The van der Waals surface area contributed by atoms with Gasteiger partial charge >= 0.3 is 0 Å². The third-order valence-electron chi connectivity index (χ3n) is 2.05. The summed E-state index contributed by atoms with van der Waals surface area (Å²) in [6.45, 7) is 2.02. The quantitative estimate of drug-likeness (QED) is 0.412. The van der Waals surface area contributed by atoms with E-state index in [4.69, 9.17) is 46.4 Å². The molecule has 0 fully saturated rings. The largest absolute Gasteiger partial charge is 0.371 e. The van der Waals surface area contributed by atoms with Crippen molar-refractivity contribution in [3.63, 3.8) is 0 Å². The van der Waals surface area contributed by atoms with Crippen LogP contribution in [-0.4, -0.2) is 10.8 Å². The fourth-order valence-electron chi connectivity index (χ4n) is 1.00. The summed E-state index contributed by atoms with van der Waals surface area (Å²) in [4.78, 5) is 0.0275. The second-order valence-corrected chi connectivity index (χ2v) is 5.94. The van der Waals surface area contributed by atoms with Crippen molar-refractivity contribution in [2.24, 2.45) is 5.92 Å². The highest BCUT2D eigenvalue weighted by Gasteiger charge is 2.15. The topological polar surface area (TPSA) is 12.0 Å². The lowest BCUT2D eigenvalue weighted by atomic mass is 10.2. The number of nitrogens with one attached hydrogen (secondary N) is 1. The molecule has 6 heteroatoms. The summed E-state index contributed by atoms with van der Waals surface area (Å²) in [5.74, 6) is 0.800. The minimum absolute atomic E-state index is 0.0275. The van der Waals surface area contributed by atoms with E-state index in [1.807, 2.05) is 6.92 Å². The normalized spacial score (nSPS) is 14.6. The Balaban J connectivity index is 2.85. The standard InChI is InChI=1S/C10H10BrCl4N/c1-5(4-12)10(11)16-9-3-7(14)6(13)2-8(9)15/h2-3,5,10,16H,4H2,1H3. The molecule has 0 aliphatic carbocycles. The molecule has 0 heterocycles. The molecule has 0 radical (unpaired) electrons. The predicted octanol–water partition coefficient (Wildman–Crippen LogP) is 5.65. The second-order valence-electron chi connectivity index (χ2n) is 3.42. The SMILES string of the molecule is CC(CCl)C(Br)Nc1cc(Cl)c(Cl)cc1Cl. The van der Waals surface area contributed by atoms with Gasteiger partial charge in [0.25, 0.3) is 0 Å². The lowest BCUT2D eigenvalue weighted by Gasteiger charge is -2.19. The number of rotatable bonds is 4. The van der Waals surface area contributed by atoms with Gasteiger partial charge in [0.15, 0.2) is 0 Å². The van der Waals surface area contributed by atoms with Crippen LogP contribution in [0.15, 0.2) is 12.1 Å². The highest BCUT2D eigenvalue weighted by atomic mass is 79.9. The number of hydrogen-bond acceptors (Lipinski definition) is 1. The van der Waals surface area contributed by atoms with Gasteiger partial charge in [-0.3, -0.25) is 0 Å². The van der Waals surface area contributed by atoms with Crippen LogP contribution in [0.1, 0.15) is 6.92 Å². The number of benzene rings is 1. The highest BCUT2D eigenvalue weighted by molar-refractivity contribution is 9.09. The summed E-state index contributed by atoms with van der Waals surface area (Å²) in [5.41, 5.74) is 0.731. The first-order valence-electron chi connectivity index (χ1n) is 4.56. The number of alkyl halides is 2. The second kappa shape index (κ2) is 6.55. The summed E-state index contributed by atoms with van der Waals surface area (Å²) in [6, 6.07) is 3.31. The van der Waals surface area contributed by atoms with E-state index in [9.17, 15) is 0 Å². The van der Waals surface area contributed by atoms with Crippen molar-refractivity contribution < 1.29 is 0 Å². The Morgan fingerprint density at radius 3 is 2.31 bits per heavy atom. The molecule has 16 heavy (non-hydrogen) atoms. The zero-order valence-electron chi connectivity index (χ0n) is 8.41. The fourth-order valence-corrected chi connectivity index (χ4v) is 2.43. The van der Waals surface area contributed by atoms with Crippen molar-refractivity contribution in [2.75, 3.05) is 11.2 Å². The molecule has 0 spiro atoms. The van der Waals surface area contributed by atoms with Gasteiger partial charge in [-0.2, -0.15) is 0 Å². The first-order valence-corrected chi connectivity index (χ1v) is 7.15. The number of halogens is 5. The van der Waals surface area contributed by atoms with E-state index in [1.54, 1.807) is 12.1 Å². The number of anilines is 1. The summed E-state index contributed by atoms with van der Waals surface area (Å²) in [6.07, 6.45) is 0. The summed E-state index contributed by atoms with van der Waals surface area (Å²) >= 11 is 27.0. The fraction of sp³-hybridized carbons (Fsp3) is 0.400. The first kappa shape index (κ1) is 14.7. The van der Waals surface area contributed by atoms with E-state index in [0.29, 0.717) is 20.9 Å². The zero-order chi connectivity index (χ0) is 12.3. The van der Waals surface area contributed by atoms with Crippen LogP contribution in [0.25, 0.3) is 0 Å². The molecule has 2 unspecified atom stereocenters. The van der Waals surface area contributed by atoms with E-state index >= 15 is 0 Å². The third kappa shape index (κ3) is 3.85. The van der Waals surface area contributed by atoms with Crippen LogP contribution in [0.5, 0.6) is 0 Å². The van der Waals surface area contributed by atoms with Crippen LogP contribution in [0, 0.1) is 5.92 Å².